The van der Waals surface area contributed by atoms with E-state index in [0.29, 0.717) is 17.7 Å². The van der Waals surface area contributed by atoms with Gasteiger partial charge in [-0.05, 0) is 32.3 Å². The summed E-state index contributed by atoms with van der Waals surface area (Å²) in [6.45, 7) is 1.64. The number of anilines is 1. The van der Waals surface area contributed by atoms with Crippen molar-refractivity contribution in [2.24, 2.45) is 11.7 Å². The molecule has 3 N–H and O–H groups in total. The molecular weight excluding hydrogens is 294 g/mol. The van der Waals surface area contributed by atoms with Gasteiger partial charge in [0.1, 0.15) is 0 Å². The van der Waals surface area contributed by atoms with E-state index >= 15 is 0 Å². The van der Waals surface area contributed by atoms with E-state index in [9.17, 15) is 14.9 Å². The Labute approximate surface area is 129 Å². The molecule has 1 aliphatic rings. The van der Waals surface area contributed by atoms with Gasteiger partial charge in [0.05, 0.1) is 16.2 Å². The molecule has 1 fully saturated rings. The Hall–Kier alpha value is -1.66. The first-order valence-corrected chi connectivity index (χ1v) is 6.79. The molecule has 0 spiro atoms. The first-order chi connectivity index (χ1) is 9.49. The number of halogens is 1. The summed E-state index contributed by atoms with van der Waals surface area (Å²) in [4.78, 5) is 22.6. The number of rotatable bonds is 3. The molecule has 21 heavy (non-hydrogen) atoms. The van der Waals surface area contributed by atoms with Crippen LogP contribution in [0.15, 0.2) is 18.2 Å². The number of carbonyl (C=O) groups excluding carboxylic acids is 1. The number of benzene rings is 1. The van der Waals surface area contributed by atoms with E-state index in [1.165, 1.54) is 6.07 Å². The van der Waals surface area contributed by atoms with Gasteiger partial charge in [0.15, 0.2) is 0 Å². The van der Waals surface area contributed by atoms with E-state index in [2.05, 4.69) is 5.32 Å². The lowest BCUT2D eigenvalue weighted by Crippen LogP contribution is -2.34. The fourth-order valence-electron chi connectivity index (χ4n) is 2.66. The highest BCUT2D eigenvalue weighted by Crippen LogP contribution is 2.28. The number of hydrogen-bond acceptors (Lipinski definition) is 4. The molecule has 1 aromatic carbocycles. The zero-order valence-electron chi connectivity index (χ0n) is 11.9. The molecule has 6 nitrogen and oxygen atoms in total. The van der Waals surface area contributed by atoms with Crippen LogP contribution in [0.4, 0.5) is 11.4 Å². The van der Waals surface area contributed by atoms with Crippen molar-refractivity contribution in [1.82, 2.24) is 0 Å². The van der Waals surface area contributed by atoms with E-state index in [4.69, 9.17) is 5.73 Å². The minimum Gasteiger partial charge on any atom is -0.328 e. The number of nitrogens with one attached hydrogen (secondary N) is 1. The van der Waals surface area contributed by atoms with Crippen molar-refractivity contribution in [3.63, 3.8) is 0 Å². The first-order valence-electron chi connectivity index (χ1n) is 6.79. The summed E-state index contributed by atoms with van der Waals surface area (Å²) >= 11 is 0. The van der Waals surface area contributed by atoms with Crippen molar-refractivity contribution >= 4 is 29.7 Å². The SMILES string of the molecule is Cc1c(NC(=O)C2CCCC(N)C2)cccc1[N+](=O)[O-].Cl. The van der Waals surface area contributed by atoms with Gasteiger partial charge in [0.25, 0.3) is 5.69 Å². The number of nitro groups is 1. The molecule has 0 radical (unpaired) electrons. The molecular formula is C14H20ClN3O3. The Morgan fingerprint density at radius 3 is 2.76 bits per heavy atom. The molecule has 0 heterocycles. The van der Waals surface area contributed by atoms with Gasteiger partial charge in [-0.2, -0.15) is 0 Å². The molecule has 116 valence electrons. The van der Waals surface area contributed by atoms with E-state index in [1.807, 2.05) is 0 Å². The minimum atomic E-state index is -0.443. The summed E-state index contributed by atoms with van der Waals surface area (Å²) in [6.07, 6.45) is 3.42. The van der Waals surface area contributed by atoms with Crippen molar-refractivity contribution < 1.29 is 9.72 Å². The Morgan fingerprint density at radius 2 is 2.14 bits per heavy atom. The third-order valence-corrected chi connectivity index (χ3v) is 3.85. The van der Waals surface area contributed by atoms with Gasteiger partial charge >= 0.3 is 0 Å². The van der Waals surface area contributed by atoms with Gasteiger partial charge in [-0.15, -0.1) is 12.4 Å². The second kappa shape index (κ2) is 7.38. The predicted octanol–water partition coefficient (Wildman–Crippen LogP) is 2.78. The molecule has 0 aromatic heterocycles. The average Bonchev–Trinajstić information content (AvgIpc) is 2.40. The van der Waals surface area contributed by atoms with E-state index in [1.54, 1.807) is 19.1 Å². The van der Waals surface area contributed by atoms with Gasteiger partial charge in [0.2, 0.25) is 5.91 Å². The summed E-state index contributed by atoms with van der Waals surface area (Å²) in [6, 6.07) is 4.77. The first kappa shape index (κ1) is 17.4. The topological polar surface area (TPSA) is 98.3 Å². The Kier molecular flexibility index (Phi) is 6.11. The number of nitrogens with two attached hydrogens (primary N) is 1. The Morgan fingerprint density at radius 1 is 1.43 bits per heavy atom. The number of carbonyl (C=O) groups is 1. The van der Waals surface area contributed by atoms with Crippen LogP contribution < -0.4 is 11.1 Å². The van der Waals surface area contributed by atoms with E-state index in [0.717, 1.165) is 19.3 Å². The lowest BCUT2D eigenvalue weighted by Gasteiger charge is -2.25. The monoisotopic (exact) mass is 313 g/mol. The van der Waals surface area contributed by atoms with Gasteiger partial charge < -0.3 is 11.1 Å². The third-order valence-electron chi connectivity index (χ3n) is 3.85. The molecule has 0 bridgehead atoms. The maximum Gasteiger partial charge on any atom is 0.274 e. The standard InChI is InChI=1S/C14H19N3O3.ClH/c1-9-12(6-3-7-13(9)17(19)20)16-14(18)10-4-2-5-11(15)8-10;/h3,6-7,10-11H,2,4-5,8,15H2,1H3,(H,16,18);1H. The molecule has 2 atom stereocenters. The van der Waals surface area contributed by atoms with Crippen LogP contribution in [0.5, 0.6) is 0 Å². The van der Waals surface area contributed by atoms with Crippen molar-refractivity contribution in [2.75, 3.05) is 5.32 Å². The average molecular weight is 314 g/mol. The highest BCUT2D eigenvalue weighted by Gasteiger charge is 2.26. The molecule has 7 heteroatoms. The summed E-state index contributed by atoms with van der Waals surface area (Å²) in [5.41, 5.74) is 6.88. The van der Waals surface area contributed by atoms with Crippen molar-refractivity contribution in [3.05, 3.63) is 33.9 Å². The largest absolute Gasteiger partial charge is 0.328 e. The van der Waals surface area contributed by atoms with Crippen molar-refractivity contribution in [1.29, 1.82) is 0 Å². The molecule has 2 rings (SSSR count). The Bertz CT molecular complexity index is 536. The van der Waals surface area contributed by atoms with Crippen molar-refractivity contribution in [2.45, 2.75) is 38.6 Å². The van der Waals surface area contributed by atoms with Crippen LogP contribution in [0.2, 0.25) is 0 Å². The van der Waals surface area contributed by atoms with Crippen LogP contribution in [0.3, 0.4) is 0 Å². The van der Waals surface area contributed by atoms with Crippen molar-refractivity contribution in [3.8, 4) is 0 Å². The fourth-order valence-corrected chi connectivity index (χ4v) is 2.66. The van der Waals surface area contributed by atoms with Crippen LogP contribution in [-0.2, 0) is 4.79 Å². The second-order valence-electron chi connectivity index (χ2n) is 5.32. The molecule has 1 aliphatic carbocycles. The quantitative estimate of drug-likeness (QED) is 0.662. The van der Waals surface area contributed by atoms with Crippen LogP contribution in [0.25, 0.3) is 0 Å². The van der Waals surface area contributed by atoms with Gasteiger partial charge in [0, 0.05) is 18.0 Å². The summed E-state index contributed by atoms with van der Waals surface area (Å²) in [5.74, 6) is -0.193. The normalized spacial score (nSPS) is 21.2. The fraction of sp³-hybridized carbons (Fsp3) is 0.500. The predicted molar refractivity (Wildman–Crippen MR) is 83.6 cm³/mol. The molecule has 1 saturated carbocycles. The maximum absolute atomic E-state index is 12.2. The number of hydrogen-bond donors (Lipinski definition) is 2. The summed E-state index contributed by atoms with van der Waals surface area (Å²) in [7, 11) is 0. The second-order valence-corrected chi connectivity index (χ2v) is 5.32. The zero-order valence-corrected chi connectivity index (χ0v) is 12.7. The molecule has 2 unspecified atom stereocenters. The molecule has 0 aliphatic heterocycles. The summed E-state index contributed by atoms with van der Waals surface area (Å²) in [5, 5.41) is 13.7. The maximum atomic E-state index is 12.2. The highest BCUT2D eigenvalue weighted by molar-refractivity contribution is 5.93. The van der Waals surface area contributed by atoms with Crippen LogP contribution in [0, 0.1) is 23.0 Å². The van der Waals surface area contributed by atoms with Gasteiger partial charge in [-0.25, -0.2) is 0 Å². The minimum absolute atomic E-state index is 0. The Balaban J connectivity index is 0.00000220. The highest BCUT2D eigenvalue weighted by atomic mass is 35.5. The number of nitro benzene ring substituents is 1. The smallest absolute Gasteiger partial charge is 0.274 e. The number of amides is 1. The molecule has 0 saturated heterocycles. The van der Waals surface area contributed by atoms with E-state index < -0.39 is 4.92 Å². The summed E-state index contributed by atoms with van der Waals surface area (Å²) < 4.78 is 0. The van der Waals surface area contributed by atoms with E-state index in [-0.39, 0.29) is 36.0 Å². The molecule has 1 aromatic rings. The lowest BCUT2D eigenvalue weighted by atomic mass is 9.85. The number of nitrogens with zero attached hydrogens (tertiary/aromatic N) is 1. The van der Waals surface area contributed by atoms with Crippen LogP contribution in [0.1, 0.15) is 31.2 Å². The third kappa shape index (κ3) is 4.15. The van der Waals surface area contributed by atoms with Gasteiger partial charge in [-0.3, -0.25) is 14.9 Å². The van der Waals surface area contributed by atoms with Crippen LogP contribution in [-0.4, -0.2) is 16.9 Å². The molecule has 1 amide bonds. The van der Waals surface area contributed by atoms with Crippen LogP contribution >= 0.6 is 12.4 Å². The zero-order chi connectivity index (χ0) is 14.7. The van der Waals surface area contributed by atoms with Gasteiger partial charge in [-0.1, -0.05) is 12.5 Å². The lowest BCUT2D eigenvalue weighted by molar-refractivity contribution is -0.385.